The van der Waals surface area contributed by atoms with Crippen LogP contribution in [-0.2, 0) is 4.79 Å². The van der Waals surface area contributed by atoms with Crippen molar-refractivity contribution < 1.29 is 19.1 Å². The van der Waals surface area contributed by atoms with Gasteiger partial charge in [-0.1, -0.05) is 6.92 Å². The van der Waals surface area contributed by atoms with Crippen LogP contribution in [0, 0.1) is 5.41 Å². The van der Waals surface area contributed by atoms with Crippen molar-refractivity contribution in [3.63, 3.8) is 0 Å². The number of nitrogens with zero attached hydrogens (tertiary/aromatic N) is 1. The number of hydrogen-bond donors (Lipinski definition) is 1. The van der Waals surface area contributed by atoms with Crippen molar-refractivity contribution in [1.29, 1.82) is 0 Å². The predicted molar refractivity (Wildman–Crippen MR) is 64.6 cm³/mol. The molecule has 1 atom stereocenters. The third kappa shape index (κ3) is 1.99. The Hall–Kier alpha value is -1.49. The summed E-state index contributed by atoms with van der Waals surface area (Å²) in [6.45, 7) is 2.48. The van der Waals surface area contributed by atoms with Crippen LogP contribution in [0.2, 0.25) is 5.22 Å². The average Bonchev–Trinajstić information content (AvgIpc) is 2.95. The molecule has 1 unspecified atom stereocenters. The molecule has 0 aliphatic carbocycles. The molecule has 2 rings (SSSR count). The van der Waals surface area contributed by atoms with Crippen LogP contribution in [0.5, 0.6) is 0 Å². The van der Waals surface area contributed by atoms with E-state index in [1.165, 1.54) is 17.2 Å². The smallest absolute Gasteiger partial charge is 0.311 e. The molecule has 1 saturated heterocycles. The number of carboxylic acids is 1. The van der Waals surface area contributed by atoms with Crippen molar-refractivity contribution in [2.24, 2.45) is 5.41 Å². The largest absolute Gasteiger partial charge is 0.481 e. The van der Waals surface area contributed by atoms with E-state index in [1.807, 2.05) is 6.92 Å². The summed E-state index contributed by atoms with van der Waals surface area (Å²) in [5.41, 5.74) is -0.541. The second-order valence-corrected chi connectivity index (χ2v) is 4.87. The molecule has 98 valence electrons. The van der Waals surface area contributed by atoms with Crippen molar-refractivity contribution in [2.45, 2.75) is 19.8 Å². The van der Waals surface area contributed by atoms with Crippen molar-refractivity contribution >= 4 is 23.5 Å². The van der Waals surface area contributed by atoms with Gasteiger partial charge in [0.25, 0.3) is 5.91 Å². The SMILES string of the molecule is CCC1(C(=O)O)CCN(C(=O)c2ccoc2Cl)C1. The summed E-state index contributed by atoms with van der Waals surface area (Å²) in [5.74, 6) is -1.12. The minimum atomic E-state index is -0.849. The molecule has 0 bridgehead atoms. The lowest BCUT2D eigenvalue weighted by molar-refractivity contribution is -0.148. The van der Waals surface area contributed by atoms with Crippen molar-refractivity contribution in [3.8, 4) is 0 Å². The molecule has 1 aromatic rings. The Bertz CT molecular complexity index is 484. The molecule has 1 amide bonds. The van der Waals surface area contributed by atoms with Gasteiger partial charge in [-0.15, -0.1) is 0 Å². The number of carboxylic acid groups (broad SMARTS) is 1. The fraction of sp³-hybridized carbons (Fsp3) is 0.500. The molecule has 6 heteroatoms. The maximum Gasteiger partial charge on any atom is 0.311 e. The first kappa shape index (κ1) is 13.0. The van der Waals surface area contributed by atoms with Crippen LogP contribution in [0.25, 0.3) is 0 Å². The van der Waals surface area contributed by atoms with Gasteiger partial charge in [0.2, 0.25) is 5.22 Å². The second-order valence-electron chi connectivity index (χ2n) is 4.52. The lowest BCUT2D eigenvalue weighted by atomic mass is 9.84. The van der Waals surface area contributed by atoms with Crippen molar-refractivity contribution in [2.75, 3.05) is 13.1 Å². The molecule has 2 heterocycles. The van der Waals surface area contributed by atoms with E-state index in [1.54, 1.807) is 0 Å². The molecule has 18 heavy (non-hydrogen) atoms. The molecule has 0 aromatic carbocycles. The van der Waals surface area contributed by atoms with Crippen LogP contribution in [0.3, 0.4) is 0 Å². The predicted octanol–water partition coefficient (Wildman–Crippen LogP) is 2.26. The third-order valence-electron chi connectivity index (χ3n) is 3.62. The molecule has 1 aromatic heterocycles. The minimum absolute atomic E-state index is 0.0457. The van der Waals surface area contributed by atoms with E-state index in [0.29, 0.717) is 19.4 Å². The first-order valence-electron chi connectivity index (χ1n) is 5.76. The summed E-state index contributed by atoms with van der Waals surface area (Å²) >= 11 is 5.75. The van der Waals surface area contributed by atoms with E-state index in [-0.39, 0.29) is 23.2 Å². The minimum Gasteiger partial charge on any atom is -0.481 e. The Morgan fingerprint density at radius 1 is 1.61 bits per heavy atom. The van der Waals surface area contributed by atoms with Crippen LogP contribution in [0.15, 0.2) is 16.7 Å². The summed E-state index contributed by atoms with van der Waals surface area (Å²) in [6, 6.07) is 1.50. The Kier molecular flexibility index (Phi) is 3.34. The van der Waals surface area contributed by atoms with Crippen LogP contribution in [0.4, 0.5) is 0 Å². The highest BCUT2D eigenvalue weighted by Crippen LogP contribution is 2.35. The highest BCUT2D eigenvalue weighted by molar-refractivity contribution is 6.32. The average molecular weight is 272 g/mol. The van der Waals surface area contributed by atoms with Gasteiger partial charge < -0.3 is 14.4 Å². The summed E-state index contributed by atoms with van der Waals surface area (Å²) in [5, 5.41) is 9.31. The topological polar surface area (TPSA) is 70.8 Å². The third-order valence-corrected chi connectivity index (χ3v) is 3.91. The molecule has 0 saturated carbocycles. The van der Waals surface area contributed by atoms with Crippen molar-refractivity contribution in [1.82, 2.24) is 4.90 Å². The molecule has 1 fully saturated rings. The highest BCUT2D eigenvalue weighted by atomic mass is 35.5. The quantitative estimate of drug-likeness (QED) is 0.915. The first-order chi connectivity index (χ1) is 8.50. The van der Waals surface area contributed by atoms with Crippen LogP contribution in [0.1, 0.15) is 30.1 Å². The Morgan fingerprint density at radius 3 is 2.78 bits per heavy atom. The molecule has 5 nitrogen and oxygen atoms in total. The summed E-state index contributed by atoms with van der Waals surface area (Å²) in [6.07, 6.45) is 2.32. The molecular weight excluding hydrogens is 258 g/mol. The maximum atomic E-state index is 12.1. The van der Waals surface area contributed by atoms with Gasteiger partial charge in [-0.2, -0.15) is 0 Å². The molecule has 1 aliphatic heterocycles. The van der Waals surface area contributed by atoms with E-state index in [4.69, 9.17) is 16.0 Å². The lowest BCUT2D eigenvalue weighted by Crippen LogP contribution is -2.36. The summed E-state index contributed by atoms with van der Waals surface area (Å²) in [4.78, 5) is 25.0. The van der Waals surface area contributed by atoms with Gasteiger partial charge in [0.15, 0.2) is 0 Å². The zero-order valence-electron chi connectivity index (χ0n) is 9.98. The first-order valence-corrected chi connectivity index (χ1v) is 6.13. The summed E-state index contributed by atoms with van der Waals surface area (Å²) in [7, 11) is 0. The number of hydrogen-bond acceptors (Lipinski definition) is 3. The normalized spacial score (nSPS) is 23.3. The number of likely N-dealkylation sites (tertiary alicyclic amines) is 1. The van der Waals surface area contributed by atoms with E-state index in [2.05, 4.69) is 0 Å². The Balaban J connectivity index is 2.17. The van der Waals surface area contributed by atoms with Crippen LogP contribution >= 0.6 is 11.6 Å². The Labute approximate surface area is 109 Å². The van der Waals surface area contributed by atoms with Crippen LogP contribution < -0.4 is 0 Å². The van der Waals surface area contributed by atoms with E-state index >= 15 is 0 Å². The van der Waals surface area contributed by atoms with Gasteiger partial charge in [-0.05, 0) is 30.5 Å². The zero-order chi connectivity index (χ0) is 13.3. The van der Waals surface area contributed by atoms with Gasteiger partial charge in [-0.3, -0.25) is 9.59 Å². The second kappa shape index (κ2) is 4.65. The van der Waals surface area contributed by atoms with E-state index < -0.39 is 11.4 Å². The fourth-order valence-electron chi connectivity index (χ4n) is 2.28. The van der Waals surface area contributed by atoms with Gasteiger partial charge in [0, 0.05) is 13.1 Å². The number of aliphatic carboxylic acids is 1. The van der Waals surface area contributed by atoms with Crippen LogP contribution in [-0.4, -0.2) is 35.0 Å². The van der Waals surface area contributed by atoms with E-state index in [9.17, 15) is 14.7 Å². The van der Waals surface area contributed by atoms with Gasteiger partial charge in [-0.25, -0.2) is 0 Å². The standard InChI is InChI=1S/C12H14ClNO4/c1-2-12(11(16)17)4-5-14(7-12)10(15)8-3-6-18-9(8)13/h3,6H,2,4-5,7H2,1H3,(H,16,17). The summed E-state index contributed by atoms with van der Waals surface area (Å²) < 4.78 is 4.87. The lowest BCUT2D eigenvalue weighted by Gasteiger charge is -2.22. The molecule has 0 radical (unpaired) electrons. The van der Waals surface area contributed by atoms with Gasteiger partial charge >= 0.3 is 5.97 Å². The zero-order valence-corrected chi connectivity index (χ0v) is 10.7. The molecule has 1 aliphatic rings. The number of amides is 1. The number of furan rings is 1. The highest BCUT2D eigenvalue weighted by Gasteiger charge is 2.45. The monoisotopic (exact) mass is 271 g/mol. The van der Waals surface area contributed by atoms with E-state index in [0.717, 1.165) is 0 Å². The molecular formula is C12H14ClNO4. The number of carbonyl (C=O) groups excluding carboxylic acids is 1. The Morgan fingerprint density at radius 2 is 2.33 bits per heavy atom. The van der Waals surface area contributed by atoms with Gasteiger partial charge in [0.05, 0.1) is 17.2 Å². The molecule has 0 spiro atoms. The number of carbonyl (C=O) groups is 2. The van der Waals surface area contributed by atoms with Gasteiger partial charge in [0.1, 0.15) is 0 Å². The maximum absolute atomic E-state index is 12.1. The number of rotatable bonds is 3. The number of halogens is 1. The molecule has 1 N–H and O–H groups in total. The van der Waals surface area contributed by atoms with Crippen molar-refractivity contribution in [3.05, 3.63) is 23.1 Å². The fourth-order valence-corrected chi connectivity index (χ4v) is 2.47.